The summed E-state index contributed by atoms with van der Waals surface area (Å²) in [5.74, 6) is 3.29. The molecule has 1 N–H and O–H groups in total. The van der Waals surface area contributed by atoms with Gasteiger partial charge in [-0.1, -0.05) is 0 Å². The van der Waals surface area contributed by atoms with E-state index in [-0.39, 0.29) is 0 Å². The van der Waals surface area contributed by atoms with Crippen LogP contribution < -0.4 is 0 Å². The molecule has 0 spiro atoms. The molecule has 20 heavy (non-hydrogen) atoms. The zero-order valence-corrected chi connectivity index (χ0v) is 12.3. The lowest BCUT2D eigenvalue weighted by molar-refractivity contribution is 0.0410. The van der Waals surface area contributed by atoms with Crippen LogP contribution in [0.4, 0.5) is 0 Å². The van der Waals surface area contributed by atoms with Crippen molar-refractivity contribution in [3.63, 3.8) is 0 Å². The first-order valence-corrected chi connectivity index (χ1v) is 7.89. The average molecular weight is 303 g/mol. The standard InChI is InChI=1S/C12H21N3O4S/c1-3-18-9-11-13-12(15-14-11)10-19-4-2-17-6-8-20-7-5-16-1/h1-10H2,(H,13,14,15). The van der Waals surface area contributed by atoms with Crippen molar-refractivity contribution in [1.82, 2.24) is 15.2 Å². The molecule has 1 aromatic heterocycles. The van der Waals surface area contributed by atoms with Gasteiger partial charge in [0.1, 0.15) is 13.2 Å². The highest BCUT2D eigenvalue weighted by Gasteiger charge is 2.04. The summed E-state index contributed by atoms with van der Waals surface area (Å²) in [4.78, 5) is 4.27. The van der Waals surface area contributed by atoms with E-state index in [1.807, 2.05) is 11.8 Å². The molecule has 114 valence electrons. The lowest BCUT2D eigenvalue weighted by Crippen LogP contribution is -2.09. The highest BCUT2D eigenvalue weighted by molar-refractivity contribution is 7.99. The van der Waals surface area contributed by atoms with Gasteiger partial charge in [0, 0.05) is 11.5 Å². The van der Waals surface area contributed by atoms with Gasteiger partial charge in [-0.2, -0.15) is 16.9 Å². The molecule has 7 nitrogen and oxygen atoms in total. The Labute approximate surface area is 122 Å². The molecule has 2 heterocycles. The fourth-order valence-electron chi connectivity index (χ4n) is 1.57. The van der Waals surface area contributed by atoms with Crippen LogP contribution in [-0.2, 0) is 32.2 Å². The highest BCUT2D eigenvalue weighted by Crippen LogP contribution is 2.01. The Morgan fingerprint density at radius 1 is 0.800 bits per heavy atom. The second-order valence-corrected chi connectivity index (χ2v) is 5.37. The minimum Gasteiger partial charge on any atom is -0.378 e. The molecule has 0 aliphatic carbocycles. The van der Waals surface area contributed by atoms with Gasteiger partial charge in [0.05, 0.1) is 39.6 Å². The zero-order valence-electron chi connectivity index (χ0n) is 11.5. The van der Waals surface area contributed by atoms with Gasteiger partial charge in [-0.25, -0.2) is 4.98 Å². The normalized spacial score (nSPS) is 21.0. The summed E-state index contributed by atoms with van der Waals surface area (Å²) in [5.41, 5.74) is 0. The third kappa shape index (κ3) is 6.67. The van der Waals surface area contributed by atoms with E-state index in [0.29, 0.717) is 51.3 Å². The molecule has 0 saturated heterocycles. The molecule has 0 fully saturated rings. The highest BCUT2D eigenvalue weighted by atomic mass is 32.2. The Morgan fingerprint density at radius 3 is 2.20 bits per heavy atom. The Bertz CT molecular complexity index is 334. The van der Waals surface area contributed by atoms with Crippen molar-refractivity contribution in [2.75, 3.05) is 51.1 Å². The minimum absolute atomic E-state index is 0.387. The number of nitrogens with zero attached hydrogens (tertiary/aromatic N) is 2. The molecule has 1 aliphatic heterocycles. The van der Waals surface area contributed by atoms with Crippen LogP contribution in [0.15, 0.2) is 0 Å². The number of fused-ring (bicyclic) bond motifs is 2. The monoisotopic (exact) mass is 303 g/mol. The summed E-state index contributed by atoms with van der Waals surface area (Å²) in [6.07, 6.45) is 0. The van der Waals surface area contributed by atoms with Crippen molar-refractivity contribution < 1.29 is 18.9 Å². The van der Waals surface area contributed by atoms with Gasteiger partial charge in [-0.05, 0) is 0 Å². The minimum atomic E-state index is 0.387. The first-order valence-electron chi connectivity index (χ1n) is 6.74. The lowest BCUT2D eigenvalue weighted by atomic mass is 10.6. The summed E-state index contributed by atoms with van der Waals surface area (Å²) >= 11 is 1.83. The number of hydrogen-bond acceptors (Lipinski definition) is 7. The summed E-state index contributed by atoms with van der Waals surface area (Å²) < 4.78 is 21.8. The van der Waals surface area contributed by atoms with E-state index in [1.54, 1.807) is 0 Å². The molecule has 0 unspecified atom stereocenters. The average Bonchev–Trinajstić information content (AvgIpc) is 2.90. The molecule has 0 amide bonds. The van der Waals surface area contributed by atoms with Crippen LogP contribution in [0, 0.1) is 0 Å². The number of hydrogen-bond donors (Lipinski definition) is 1. The van der Waals surface area contributed by atoms with Crippen LogP contribution in [0.5, 0.6) is 0 Å². The van der Waals surface area contributed by atoms with Crippen LogP contribution >= 0.6 is 11.8 Å². The van der Waals surface area contributed by atoms with Gasteiger partial charge in [-0.3, -0.25) is 5.10 Å². The van der Waals surface area contributed by atoms with E-state index in [1.165, 1.54) is 0 Å². The molecule has 0 aromatic carbocycles. The summed E-state index contributed by atoms with van der Waals surface area (Å²) in [6.45, 7) is 4.57. The van der Waals surface area contributed by atoms with E-state index in [9.17, 15) is 0 Å². The maximum absolute atomic E-state index is 5.46. The molecular formula is C12H21N3O4S. The number of rotatable bonds is 0. The topological polar surface area (TPSA) is 78.5 Å². The largest absolute Gasteiger partial charge is 0.378 e. The van der Waals surface area contributed by atoms with E-state index in [4.69, 9.17) is 18.9 Å². The van der Waals surface area contributed by atoms with Crippen molar-refractivity contribution in [3.05, 3.63) is 11.6 Å². The van der Waals surface area contributed by atoms with Crippen LogP contribution in [0.25, 0.3) is 0 Å². The van der Waals surface area contributed by atoms with Gasteiger partial charge < -0.3 is 18.9 Å². The van der Waals surface area contributed by atoms with Crippen molar-refractivity contribution in [2.24, 2.45) is 0 Å². The van der Waals surface area contributed by atoms with Crippen LogP contribution in [-0.4, -0.2) is 66.3 Å². The summed E-state index contributed by atoms with van der Waals surface area (Å²) in [5, 5.41) is 6.89. The zero-order chi connectivity index (χ0) is 13.9. The van der Waals surface area contributed by atoms with E-state index in [0.717, 1.165) is 24.7 Å². The maximum Gasteiger partial charge on any atom is 0.176 e. The maximum atomic E-state index is 5.46. The van der Waals surface area contributed by atoms with Crippen molar-refractivity contribution in [3.8, 4) is 0 Å². The van der Waals surface area contributed by atoms with E-state index < -0.39 is 0 Å². The lowest BCUT2D eigenvalue weighted by Gasteiger charge is -2.06. The molecule has 2 rings (SSSR count). The second kappa shape index (κ2) is 10.1. The summed E-state index contributed by atoms with van der Waals surface area (Å²) in [7, 11) is 0. The van der Waals surface area contributed by atoms with Gasteiger partial charge in [0.15, 0.2) is 11.6 Å². The van der Waals surface area contributed by atoms with Gasteiger partial charge >= 0.3 is 0 Å². The number of thioether (sulfide) groups is 1. The summed E-state index contributed by atoms with van der Waals surface area (Å²) in [6, 6.07) is 0. The predicted molar refractivity (Wildman–Crippen MR) is 74.7 cm³/mol. The number of aromatic nitrogens is 3. The van der Waals surface area contributed by atoms with Crippen molar-refractivity contribution >= 4 is 11.8 Å². The molecule has 1 aromatic rings. The Balaban J connectivity index is 1.72. The molecule has 0 saturated carbocycles. The molecule has 0 radical (unpaired) electrons. The van der Waals surface area contributed by atoms with Gasteiger partial charge in [-0.15, -0.1) is 0 Å². The number of ether oxygens (including phenoxy) is 4. The van der Waals surface area contributed by atoms with Crippen molar-refractivity contribution in [1.29, 1.82) is 0 Å². The van der Waals surface area contributed by atoms with Gasteiger partial charge in [0.25, 0.3) is 0 Å². The van der Waals surface area contributed by atoms with Crippen LogP contribution in [0.3, 0.4) is 0 Å². The molecule has 2 bridgehead atoms. The first kappa shape index (κ1) is 15.7. The molecule has 1 aliphatic rings. The number of nitrogens with one attached hydrogen (secondary N) is 1. The Hall–Kier alpha value is -0.670. The number of H-pyrrole nitrogens is 1. The predicted octanol–water partition coefficient (Wildman–Crippen LogP) is 0.618. The first-order chi connectivity index (χ1) is 9.95. The molecule has 8 heteroatoms. The Kier molecular flexibility index (Phi) is 7.95. The fraction of sp³-hybridized carbons (Fsp3) is 0.833. The third-order valence-corrected chi connectivity index (χ3v) is 3.45. The molecular weight excluding hydrogens is 282 g/mol. The quantitative estimate of drug-likeness (QED) is 0.752. The van der Waals surface area contributed by atoms with Crippen LogP contribution in [0.1, 0.15) is 11.6 Å². The third-order valence-electron chi connectivity index (χ3n) is 2.54. The fourth-order valence-corrected chi connectivity index (χ4v) is 2.25. The Morgan fingerprint density at radius 2 is 1.45 bits per heavy atom. The van der Waals surface area contributed by atoms with Crippen LogP contribution in [0.2, 0.25) is 0 Å². The smallest absolute Gasteiger partial charge is 0.176 e. The van der Waals surface area contributed by atoms with Crippen molar-refractivity contribution in [2.45, 2.75) is 13.2 Å². The van der Waals surface area contributed by atoms with E-state index >= 15 is 0 Å². The molecule has 0 atom stereocenters. The van der Waals surface area contributed by atoms with E-state index in [2.05, 4.69) is 15.2 Å². The SMILES string of the molecule is C1COCc2n[nH]c(n2)COCCOCCSCCO1. The number of aromatic amines is 1. The second-order valence-electron chi connectivity index (χ2n) is 4.14. The van der Waals surface area contributed by atoms with Gasteiger partial charge in [0.2, 0.25) is 0 Å².